The van der Waals surface area contributed by atoms with Crippen LogP contribution in [0.2, 0.25) is 0 Å². The van der Waals surface area contributed by atoms with Crippen molar-refractivity contribution in [2.45, 2.75) is 26.2 Å². The molecule has 140 valence electrons. The van der Waals surface area contributed by atoms with Gasteiger partial charge in [-0.25, -0.2) is 4.98 Å². The highest BCUT2D eigenvalue weighted by molar-refractivity contribution is 5.96. The second-order valence-corrected chi connectivity index (χ2v) is 7.14. The van der Waals surface area contributed by atoms with Gasteiger partial charge in [0.25, 0.3) is 0 Å². The van der Waals surface area contributed by atoms with E-state index in [1.54, 1.807) is 7.11 Å². The minimum absolute atomic E-state index is 0.543. The zero-order valence-electron chi connectivity index (χ0n) is 15.8. The Morgan fingerprint density at radius 2 is 2.15 bits per heavy atom. The van der Waals surface area contributed by atoms with Crippen molar-refractivity contribution in [2.75, 3.05) is 13.7 Å². The number of aromatic amines is 1. The van der Waals surface area contributed by atoms with Gasteiger partial charge in [0.1, 0.15) is 17.0 Å². The molecular formula is C22H25N3O2. The van der Waals surface area contributed by atoms with Gasteiger partial charge < -0.3 is 19.8 Å². The minimum Gasteiger partial charge on any atom is -0.497 e. The van der Waals surface area contributed by atoms with Crippen LogP contribution >= 0.6 is 0 Å². The topological polar surface area (TPSA) is 59.2 Å². The molecule has 5 nitrogen and oxygen atoms in total. The summed E-state index contributed by atoms with van der Waals surface area (Å²) < 4.78 is 11.3. The number of H-pyrrole nitrogens is 1. The van der Waals surface area contributed by atoms with Crippen LogP contribution in [-0.2, 0) is 0 Å². The van der Waals surface area contributed by atoms with Crippen molar-refractivity contribution in [3.63, 3.8) is 0 Å². The third kappa shape index (κ3) is 3.50. The smallest absolute Gasteiger partial charge is 0.243 e. The monoisotopic (exact) mass is 363 g/mol. The normalized spacial score (nSPS) is 14.0. The summed E-state index contributed by atoms with van der Waals surface area (Å²) in [6, 6.07) is 7.51. The summed E-state index contributed by atoms with van der Waals surface area (Å²) in [6.45, 7) is 7.30. The Hall–Kier alpha value is -2.95. The number of nitrogens with one attached hydrogen (secondary N) is 2. The van der Waals surface area contributed by atoms with Gasteiger partial charge in [-0.3, -0.25) is 0 Å². The van der Waals surface area contributed by atoms with E-state index in [4.69, 9.17) is 9.47 Å². The highest BCUT2D eigenvalue weighted by atomic mass is 16.5. The number of nitrogens with zero attached hydrogens (tertiary/aromatic N) is 1. The molecule has 1 aliphatic rings. The lowest BCUT2D eigenvalue weighted by Crippen LogP contribution is -2.26. The molecule has 0 saturated heterocycles. The first-order valence-corrected chi connectivity index (χ1v) is 9.37. The van der Waals surface area contributed by atoms with Gasteiger partial charge in [-0.05, 0) is 43.4 Å². The van der Waals surface area contributed by atoms with Crippen molar-refractivity contribution in [2.24, 2.45) is 5.92 Å². The number of rotatable bonds is 7. The van der Waals surface area contributed by atoms with Crippen molar-refractivity contribution >= 4 is 16.6 Å². The summed E-state index contributed by atoms with van der Waals surface area (Å²) in [7, 11) is 1.64. The van der Waals surface area contributed by atoms with Crippen molar-refractivity contribution < 1.29 is 9.47 Å². The maximum atomic E-state index is 6.03. The molecule has 2 aromatic heterocycles. The minimum atomic E-state index is 0.543. The Bertz CT molecular complexity index is 973. The summed E-state index contributed by atoms with van der Waals surface area (Å²) in [4.78, 5) is 7.86. The molecule has 0 spiro atoms. The van der Waals surface area contributed by atoms with E-state index in [-0.39, 0.29) is 0 Å². The predicted molar refractivity (Wildman–Crippen MR) is 108 cm³/mol. The number of hydrogen-bond acceptors (Lipinski definition) is 4. The summed E-state index contributed by atoms with van der Waals surface area (Å²) in [5.74, 6) is 2.75. The van der Waals surface area contributed by atoms with Crippen LogP contribution in [0.15, 0.2) is 43.2 Å². The molecule has 0 unspecified atom stereocenters. The van der Waals surface area contributed by atoms with E-state index >= 15 is 0 Å². The predicted octanol–water partition coefficient (Wildman–Crippen LogP) is 5.03. The Labute approximate surface area is 159 Å². The number of methoxy groups -OCH3 is 1. The fourth-order valence-corrected chi connectivity index (χ4v) is 3.43. The molecule has 0 atom stereocenters. The molecule has 1 saturated carbocycles. The molecule has 0 aliphatic heterocycles. The van der Waals surface area contributed by atoms with E-state index in [2.05, 4.69) is 28.8 Å². The van der Waals surface area contributed by atoms with Crippen LogP contribution in [0.5, 0.6) is 17.4 Å². The lowest BCUT2D eigenvalue weighted by Gasteiger charge is -2.26. The second-order valence-electron chi connectivity index (χ2n) is 7.14. The van der Waals surface area contributed by atoms with E-state index in [0.29, 0.717) is 11.6 Å². The number of benzene rings is 1. The highest BCUT2D eigenvalue weighted by Gasteiger charge is 2.19. The van der Waals surface area contributed by atoms with Gasteiger partial charge in [-0.15, -0.1) is 0 Å². The summed E-state index contributed by atoms with van der Waals surface area (Å²) >= 11 is 0. The standard InChI is InChI=1S/C22H25N3O2/c1-14-11-24-21-20(14)19(15(2)23-12-16-6-4-7-16)13-25-22(21)27-18-9-5-8-17(10-18)26-3/h5,8-11,13,16,23-24H,2,4,6-7,12H2,1,3H3. The summed E-state index contributed by atoms with van der Waals surface area (Å²) in [5, 5.41) is 4.58. The Balaban J connectivity index is 1.62. The van der Waals surface area contributed by atoms with Gasteiger partial charge in [0.15, 0.2) is 0 Å². The zero-order chi connectivity index (χ0) is 18.8. The number of hydrogen-bond donors (Lipinski definition) is 2. The first-order chi connectivity index (χ1) is 13.2. The third-order valence-corrected chi connectivity index (χ3v) is 5.28. The largest absolute Gasteiger partial charge is 0.497 e. The average molecular weight is 363 g/mol. The van der Waals surface area contributed by atoms with Crippen LogP contribution in [0.3, 0.4) is 0 Å². The van der Waals surface area contributed by atoms with Crippen LogP contribution in [0, 0.1) is 12.8 Å². The van der Waals surface area contributed by atoms with Crippen molar-refractivity contribution in [1.82, 2.24) is 15.3 Å². The molecule has 0 radical (unpaired) electrons. The number of aryl methyl sites for hydroxylation is 1. The van der Waals surface area contributed by atoms with Gasteiger partial charge in [0.2, 0.25) is 5.88 Å². The quantitative estimate of drug-likeness (QED) is 0.618. The molecule has 0 amide bonds. The molecule has 1 aromatic carbocycles. The Kier molecular flexibility index (Phi) is 4.75. The first-order valence-electron chi connectivity index (χ1n) is 9.37. The molecule has 3 aromatic rings. The number of fused-ring (bicyclic) bond motifs is 1. The molecule has 1 fully saturated rings. The van der Waals surface area contributed by atoms with E-state index in [1.807, 2.05) is 36.7 Å². The van der Waals surface area contributed by atoms with E-state index in [9.17, 15) is 0 Å². The van der Waals surface area contributed by atoms with E-state index in [1.165, 1.54) is 19.3 Å². The van der Waals surface area contributed by atoms with Crippen LogP contribution in [-0.4, -0.2) is 23.6 Å². The molecule has 2 heterocycles. The van der Waals surface area contributed by atoms with Gasteiger partial charge >= 0.3 is 0 Å². The van der Waals surface area contributed by atoms with Gasteiger partial charge in [0, 0.05) is 41.7 Å². The average Bonchev–Trinajstić information content (AvgIpc) is 3.03. The number of aromatic nitrogens is 2. The van der Waals surface area contributed by atoms with Crippen molar-refractivity contribution in [1.29, 1.82) is 0 Å². The van der Waals surface area contributed by atoms with Crippen LogP contribution in [0.25, 0.3) is 16.6 Å². The number of pyridine rings is 1. The van der Waals surface area contributed by atoms with Crippen LogP contribution in [0.1, 0.15) is 30.4 Å². The van der Waals surface area contributed by atoms with Crippen LogP contribution in [0.4, 0.5) is 0 Å². The maximum Gasteiger partial charge on any atom is 0.243 e. The molecule has 27 heavy (non-hydrogen) atoms. The summed E-state index contributed by atoms with van der Waals surface area (Å²) in [5.41, 5.74) is 3.94. The lowest BCUT2D eigenvalue weighted by molar-refractivity contribution is 0.314. The second kappa shape index (κ2) is 7.35. The SMILES string of the molecule is C=C(NCC1CCC1)c1cnc(Oc2cccc(OC)c2)c2[nH]cc(C)c12. The lowest BCUT2D eigenvalue weighted by atomic mass is 9.85. The van der Waals surface area contributed by atoms with Gasteiger partial charge in [-0.2, -0.15) is 0 Å². The van der Waals surface area contributed by atoms with E-state index in [0.717, 1.165) is 45.9 Å². The fraction of sp³-hybridized carbons (Fsp3) is 0.318. The van der Waals surface area contributed by atoms with Crippen LogP contribution < -0.4 is 14.8 Å². The molecule has 0 bridgehead atoms. The molecule has 1 aliphatic carbocycles. The molecule has 4 rings (SSSR count). The van der Waals surface area contributed by atoms with Gasteiger partial charge in [0.05, 0.1) is 7.11 Å². The highest BCUT2D eigenvalue weighted by Crippen LogP contribution is 2.34. The molecule has 2 N–H and O–H groups in total. The third-order valence-electron chi connectivity index (χ3n) is 5.28. The zero-order valence-corrected chi connectivity index (χ0v) is 15.8. The maximum absolute atomic E-state index is 6.03. The Morgan fingerprint density at radius 1 is 1.33 bits per heavy atom. The fourth-order valence-electron chi connectivity index (χ4n) is 3.43. The molecule has 5 heteroatoms. The van der Waals surface area contributed by atoms with Crippen molar-refractivity contribution in [3.05, 3.63) is 54.4 Å². The first kappa shape index (κ1) is 17.5. The van der Waals surface area contributed by atoms with E-state index < -0.39 is 0 Å². The number of ether oxygens (including phenoxy) is 2. The molecular weight excluding hydrogens is 338 g/mol. The van der Waals surface area contributed by atoms with Gasteiger partial charge in [-0.1, -0.05) is 19.1 Å². The van der Waals surface area contributed by atoms with Crippen molar-refractivity contribution in [3.8, 4) is 17.4 Å². The Morgan fingerprint density at radius 3 is 2.89 bits per heavy atom. The summed E-state index contributed by atoms with van der Waals surface area (Å²) in [6.07, 6.45) is 7.79.